The summed E-state index contributed by atoms with van der Waals surface area (Å²) in [7, 11) is 0. The number of ether oxygens (including phenoxy) is 1. The van der Waals surface area contributed by atoms with E-state index in [0.717, 1.165) is 6.42 Å². The molecule has 2 amide bonds. The molecule has 3 aromatic rings. The quantitative estimate of drug-likeness (QED) is 0.234. The van der Waals surface area contributed by atoms with Gasteiger partial charge in [0.05, 0.1) is 23.1 Å². The lowest BCUT2D eigenvalue weighted by atomic mass is 9.73. The topological polar surface area (TPSA) is 80.8 Å². The molecule has 2 fully saturated rings. The van der Waals surface area contributed by atoms with Crippen LogP contribution < -0.4 is 4.90 Å². The molecule has 7 heteroatoms. The number of carbonyl (C=O) groups is 4. The minimum atomic E-state index is -1.01. The zero-order chi connectivity index (χ0) is 26.1. The van der Waals surface area contributed by atoms with Crippen molar-refractivity contribution >= 4 is 40.9 Å². The first-order valence-corrected chi connectivity index (χ1v) is 12.7. The van der Waals surface area contributed by atoms with Gasteiger partial charge in [0.2, 0.25) is 17.6 Å². The Kier molecular flexibility index (Phi) is 6.94. The van der Waals surface area contributed by atoms with E-state index in [0.29, 0.717) is 29.1 Å². The number of anilines is 1. The summed E-state index contributed by atoms with van der Waals surface area (Å²) in [6.45, 7) is 1.50. The van der Waals surface area contributed by atoms with Crippen LogP contribution in [0, 0.1) is 11.8 Å². The third-order valence-corrected chi connectivity index (χ3v) is 7.55. The van der Waals surface area contributed by atoms with E-state index in [4.69, 9.17) is 16.3 Å². The van der Waals surface area contributed by atoms with E-state index in [1.807, 2.05) is 18.2 Å². The van der Waals surface area contributed by atoms with Crippen LogP contribution in [-0.2, 0) is 14.3 Å². The van der Waals surface area contributed by atoms with Crippen molar-refractivity contribution in [1.29, 1.82) is 0 Å². The summed E-state index contributed by atoms with van der Waals surface area (Å²) in [5.74, 6) is -1.80. The van der Waals surface area contributed by atoms with Crippen molar-refractivity contribution in [1.82, 2.24) is 0 Å². The van der Waals surface area contributed by atoms with Crippen LogP contribution in [0.3, 0.4) is 0 Å². The summed E-state index contributed by atoms with van der Waals surface area (Å²) in [5, 5.41) is 0.418. The molecule has 2 aliphatic rings. The van der Waals surface area contributed by atoms with Gasteiger partial charge in [-0.25, -0.2) is 4.79 Å². The van der Waals surface area contributed by atoms with Gasteiger partial charge in [0.1, 0.15) is 0 Å². The summed E-state index contributed by atoms with van der Waals surface area (Å²) >= 11 is 5.95. The molecule has 1 aliphatic carbocycles. The summed E-state index contributed by atoms with van der Waals surface area (Å²) in [6, 6.07) is 22.7. The van der Waals surface area contributed by atoms with Gasteiger partial charge in [-0.15, -0.1) is 0 Å². The molecule has 1 saturated heterocycles. The number of benzene rings is 3. The van der Waals surface area contributed by atoms with Crippen LogP contribution in [0.2, 0.25) is 5.02 Å². The lowest BCUT2D eigenvalue weighted by Crippen LogP contribution is -2.31. The van der Waals surface area contributed by atoms with Crippen LogP contribution in [-0.4, -0.2) is 29.7 Å². The van der Waals surface area contributed by atoms with Crippen molar-refractivity contribution in [2.75, 3.05) is 4.90 Å². The number of ketones is 1. The first-order valence-electron chi connectivity index (χ1n) is 12.4. The van der Waals surface area contributed by atoms with Gasteiger partial charge in [0, 0.05) is 10.6 Å². The van der Waals surface area contributed by atoms with E-state index in [1.54, 1.807) is 30.3 Å². The number of fused-ring (bicyclic) bond motifs is 1. The average molecular weight is 516 g/mol. The van der Waals surface area contributed by atoms with E-state index in [9.17, 15) is 19.2 Å². The lowest BCUT2D eigenvalue weighted by Gasteiger charge is -2.28. The third-order valence-electron chi connectivity index (χ3n) is 7.32. The molecule has 0 bridgehead atoms. The Hall–Kier alpha value is -3.77. The highest BCUT2D eigenvalue weighted by Gasteiger charge is 2.50. The van der Waals surface area contributed by atoms with E-state index < -0.39 is 12.1 Å². The smallest absolute Gasteiger partial charge is 0.338 e. The van der Waals surface area contributed by atoms with Crippen LogP contribution in [0.25, 0.3) is 0 Å². The van der Waals surface area contributed by atoms with E-state index in [2.05, 4.69) is 12.1 Å². The number of imide groups is 1. The van der Waals surface area contributed by atoms with Crippen LogP contribution in [0.1, 0.15) is 58.4 Å². The molecule has 1 aliphatic heterocycles. The molecular formula is C30H26ClNO5. The minimum absolute atomic E-state index is 0.183. The minimum Gasteiger partial charge on any atom is -0.451 e. The van der Waals surface area contributed by atoms with Crippen molar-refractivity contribution in [3.63, 3.8) is 0 Å². The molecule has 1 heterocycles. The van der Waals surface area contributed by atoms with Crippen molar-refractivity contribution in [2.45, 2.75) is 38.2 Å². The predicted octanol–water partition coefficient (Wildman–Crippen LogP) is 5.84. The molecule has 4 atom stereocenters. The maximum Gasteiger partial charge on any atom is 0.338 e. The standard InChI is InChI=1S/C30H26ClNO5/c1-18(27(33)22-8-5-9-23(31)16-22)37-30(36)20-10-13-24(14-11-20)32-28(34)25-15-12-21(17-26(25)29(32)35)19-6-3-2-4-7-19/h2-11,13-14,16,18,21,25-26H,12,15,17H2,1H3/t18-,21+,25+,26-/m0/s1. The van der Waals surface area contributed by atoms with Gasteiger partial charge in [-0.2, -0.15) is 0 Å². The Labute approximate surface area is 220 Å². The number of rotatable bonds is 6. The largest absolute Gasteiger partial charge is 0.451 e. The Balaban J connectivity index is 1.26. The summed E-state index contributed by atoms with van der Waals surface area (Å²) in [4.78, 5) is 52.9. The van der Waals surface area contributed by atoms with Crippen LogP contribution >= 0.6 is 11.6 Å². The number of nitrogens with zero attached hydrogens (tertiary/aromatic N) is 1. The van der Waals surface area contributed by atoms with Crippen LogP contribution in [0.5, 0.6) is 0 Å². The number of hydrogen-bond donors (Lipinski definition) is 0. The Morgan fingerprint density at radius 1 is 0.865 bits per heavy atom. The van der Waals surface area contributed by atoms with Gasteiger partial charge in [-0.1, -0.05) is 54.1 Å². The van der Waals surface area contributed by atoms with Crippen molar-refractivity contribution in [3.8, 4) is 0 Å². The molecule has 37 heavy (non-hydrogen) atoms. The number of carbonyl (C=O) groups excluding carboxylic acids is 4. The normalized spacial score (nSPS) is 21.9. The summed E-state index contributed by atoms with van der Waals surface area (Å²) in [6.07, 6.45) is 1.19. The van der Waals surface area contributed by atoms with Gasteiger partial charge in [0.25, 0.3) is 0 Å². The second-order valence-corrected chi connectivity index (χ2v) is 10.1. The fraction of sp³-hybridized carbons (Fsp3) is 0.267. The number of hydrogen-bond acceptors (Lipinski definition) is 5. The van der Waals surface area contributed by atoms with Crippen LogP contribution in [0.15, 0.2) is 78.9 Å². The molecule has 0 spiro atoms. The molecule has 0 unspecified atom stereocenters. The third kappa shape index (κ3) is 4.94. The second-order valence-electron chi connectivity index (χ2n) is 9.61. The van der Waals surface area contributed by atoms with Gasteiger partial charge in [0.15, 0.2) is 6.10 Å². The first-order chi connectivity index (χ1) is 17.8. The van der Waals surface area contributed by atoms with E-state index >= 15 is 0 Å². The van der Waals surface area contributed by atoms with E-state index in [1.165, 1.54) is 35.6 Å². The fourth-order valence-electron chi connectivity index (χ4n) is 5.37. The molecule has 3 aromatic carbocycles. The zero-order valence-electron chi connectivity index (χ0n) is 20.3. The highest BCUT2D eigenvalue weighted by atomic mass is 35.5. The fourth-order valence-corrected chi connectivity index (χ4v) is 5.56. The van der Waals surface area contributed by atoms with E-state index in [-0.39, 0.29) is 40.9 Å². The Morgan fingerprint density at radius 3 is 2.27 bits per heavy atom. The highest BCUT2D eigenvalue weighted by Crippen LogP contribution is 2.45. The van der Waals surface area contributed by atoms with Gasteiger partial charge in [-0.05, 0) is 74.1 Å². The van der Waals surface area contributed by atoms with Gasteiger partial charge in [-0.3, -0.25) is 19.3 Å². The Morgan fingerprint density at radius 2 is 1.57 bits per heavy atom. The first kappa shape index (κ1) is 24.9. The van der Waals surface area contributed by atoms with Crippen LogP contribution in [0.4, 0.5) is 5.69 Å². The zero-order valence-corrected chi connectivity index (χ0v) is 21.1. The maximum absolute atomic E-state index is 13.3. The van der Waals surface area contributed by atoms with Gasteiger partial charge < -0.3 is 4.74 Å². The number of esters is 1. The summed E-state index contributed by atoms with van der Waals surface area (Å²) in [5.41, 5.74) is 2.20. The number of halogens is 1. The SMILES string of the molecule is C[C@H](OC(=O)c1ccc(N2C(=O)[C@H]3C[C@H](c4ccccc4)CC[C@H]3C2=O)cc1)C(=O)c1cccc(Cl)c1. The summed E-state index contributed by atoms with van der Waals surface area (Å²) < 4.78 is 5.35. The number of amides is 2. The molecule has 0 radical (unpaired) electrons. The monoisotopic (exact) mass is 515 g/mol. The molecule has 188 valence electrons. The van der Waals surface area contributed by atoms with Crippen molar-refractivity contribution in [3.05, 3.63) is 101 Å². The molecule has 0 aromatic heterocycles. The predicted molar refractivity (Wildman–Crippen MR) is 140 cm³/mol. The van der Waals surface area contributed by atoms with Crippen molar-refractivity contribution in [2.24, 2.45) is 11.8 Å². The average Bonchev–Trinajstić information content (AvgIpc) is 3.17. The highest BCUT2D eigenvalue weighted by molar-refractivity contribution is 6.31. The molecule has 5 rings (SSSR count). The molecular weight excluding hydrogens is 490 g/mol. The molecule has 1 saturated carbocycles. The number of Topliss-reactive ketones (excluding diaryl/α,β-unsaturated/α-hetero) is 1. The Bertz CT molecular complexity index is 1350. The second kappa shape index (κ2) is 10.3. The van der Waals surface area contributed by atoms with Gasteiger partial charge >= 0.3 is 5.97 Å². The maximum atomic E-state index is 13.3. The lowest BCUT2D eigenvalue weighted by molar-refractivity contribution is -0.122. The van der Waals surface area contributed by atoms with Crippen molar-refractivity contribution < 1.29 is 23.9 Å². The molecule has 6 nitrogen and oxygen atoms in total. The molecule has 0 N–H and O–H groups in total.